The molecule has 1 aliphatic carbocycles. The van der Waals surface area contributed by atoms with Gasteiger partial charge >= 0.3 is 0 Å². The van der Waals surface area contributed by atoms with E-state index in [0.29, 0.717) is 12.1 Å². The molecule has 0 unspecified atom stereocenters. The van der Waals surface area contributed by atoms with Crippen molar-refractivity contribution in [3.8, 4) is 5.69 Å². The van der Waals surface area contributed by atoms with Gasteiger partial charge in [-0.3, -0.25) is 14.3 Å². The molecule has 2 fully saturated rings. The molecule has 0 radical (unpaired) electrons. The third kappa shape index (κ3) is 4.10. The van der Waals surface area contributed by atoms with E-state index in [-0.39, 0.29) is 11.4 Å². The summed E-state index contributed by atoms with van der Waals surface area (Å²) >= 11 is 0. The van der Waals surface area contributed by atoms with Gasteiger partial charge in [-0.25, -0.2) is 4.98 Å². The molecule has 1 aliphatic heterocycles. The quantitative estimate of drug-likeness (QED) is 0.685. The molecule has 6 nitrogen and oxygen atoms in total. The minimum absolute atomic E-state index is 0.000229. The third-order valence-electron chi connectivity index (χ3n) is 6.91. The maximum atomic E-state index is 12.9. The summed E-state index contributed by atoms with van der Waals surface area (Å²) in [5, 5.41) is 3.25. The average Bonchev–Trinajstić information content (AvgIpc) is 3.28. The van der Waals surface area contributed by atoms with Crippen molar-refractivity contribution in [3.05, 3.63) is 60.4 Å². The fourth-order valence-corrected chi connectivity index (χ4v) is 5.14. The number of morpholine rings is 1. The molecule has 2 heterocycles. The van der Waals surface area contributed by atoms with Crippen LogP contribution in [-0.4, -0.2) is 58.7 Å². The number of aromatic nitrogens is 2. The van der Waals surface area contributed by atoms with Crippen molar-refractivity contribution < 1.29 is 9.53 Å². The van der Waals surface area contributed by atoms with E-state index in [1.54, 1.807) is 0 Å². The van der Waals surface area contributed by atoms with Gasteiger partial charge in [0, 0.05) is 36.4 Å². The number of para-hydroxylation sites is 2. The molecule has 31 heavy (non-hydrogen) atoms. The van der Waals surface area contributed by atoms with E-state index in [4.69, 9.17) is 4.74 Å². The first-order valence-electron chi connectivity index (χ1n) is 11.4. The number of rotatable bonds is 5. The van der Waals surface area contributed by atoms with Gasteiger partial charge in [0.2, 0.25) is 0 Å². The van der Waals surface area contributed by atoms with Crippen molar-refractivity contribution in [3.63, 3.8) is 0 Å². The van der Waals surface area contributed by atoms with Crippen LogP contribution in [0.3, 0.4) is 0 Å². The molecule has 0 atom stereocenters. The van der Waals surface area contributed by atoms with Gasteiger partial charge in [-0.2, -0.15) is 0 Å². The lowest BCUT2D eigenvalue weighted by Gasteiger charge is -2.48. The number of benzene rings is 2. The van der Waals surface area contributed by atoms with E-state index < -0.39 is 0 Å². The van der Waals surface area contributed by atoms with Gasteiger partial charge in [-0.1, -0.05) is 31.4 Å². The summed E-state index contributed by atoms with van der Waals surface area (Å²) in [5.74, 6) is 0.000229. The van der Waals surface area contributed by atoms with Gasteiger partial charge in [0.15, 0.2) is 0 Å². The molecule has 3 aromatic rings. The Morgan fingerprint density at radius 3 is 2.52 bits per heavy atom. The summed E-state index contributed by atoms with van der Waals surface area (Å²) in [5.41, 5.74) is 3.80. The van der Waals surface area contributed by atoms with Crippen LogP contribution in [0, 0.1) is 0 Å². The highest BCUT2D eigenvalue weighted by Crippen LogP contribution is 2.34. The number of fused-ring (bicyclic) bond motifs is 1. The Kier molecular flexibility index (Phi) is 5.74. The Labute approximate surface area is 183 Å². The summed E-state index contributed by atoms with van der Waals surface area (Å²) in [6.45, 7) is 4.22. The molecule has 0 spiro atoms. The molecule has 2 aliphatic rings. The largest absolute Gasteiger partial charge is 0.379 e. The topological polar surface area (TPSA) is 59.4 Å². The molecule has 6 heteroatoms. The van der Waals surface area contributed by atoms with Gasteiger partial charge in [0.05, 0.1) is 24.2 Å². The molecule has 1 N–H and O–H groups in total. The fraction of sp³-hybridized carbons (Fsp3) is 0.440. The van der Waals surface area contributed by atoms with Gasteiger partial charge in [0.25, 0.3) is 5.91 Å². The minimum Gasteiger partial charge on any atom is -0.379 e. The van der Waals surface area contributed by atoms with Crippen molar-refractivity contribution in [2.75, 3.05) is 32.8 Å². The van der Waals surface area contributed by atoms with E-state index >= 15 is 0 Å². The molecule has 5 rings (SSSR count). The highest BCUT2D eigenvalue weighted by molar-refractivity contribution is 5.94. The average molecular weight is 419 g/mol. The number of nitrogens with zero attached hydrogens (tertiary/aromatic N) is 3. The van der Waals surface area contributed by atoms with Crippen LogP contribution in [0.4, 0.5) is 0 Å². The number of carbonyl (C=O) groups is 1. The maximum absolute atomic E-state index is 12.9. The van der Waals surface area contributed by atoms with Crippen molar-refractivity contribution >= 4 is 16.9 Å². The number of amides is 1. The molecule has 1 aromatic heterocycles. The second kappa shape index (κ2) is 8.81. The standard InChI is InChI=1S/C25H30N4O2/c30-24(26-18-25(12-4-1-5-13-25)28-14-16-31-17-15-28)20-8-10-21(11-9-20)29-19-27-22-6-2-3-7-23(22)29/h2-3,6-11,19H,1,4-5,12-18H2,(H,26,30). The van der Waals surface area contributed by atoms with E-state index in [1.807, 2.05) is 53.4 Å². The van der Waals surface area contributed by atoms with Crippen molar-refractivity contribution in [1.82, 2.24) is 19.8 Å². The monoisotopic (exact) mass is 418 g/mol. The fourth-order valence-electron chi connectivity index (χ4n) is 5.14. The zero-order chi connectivity index (χ0) is 21.1. The Morgan fingerprint density at radius 2 is 1.74 bits per heavy atom. The lowest BCUT2D eigenvalue weighted by atomic mass is 9.79. The summed E-state index contributed by atoms with van der Waals surface area (Å²) < 4.78 is 7.61. The van der Waals surface area contributed by atoms with Crippen LogP contribution >= 0.6 is 0 Å². The predicted molar refractivity (Wildman–Crippen MR) is 122 cm³/mol. The molecule has 1 saturated carbocycles. The minimum atomic E-state index is 0.000229. The first kappa shape index (κ1) is 20.2. The Morgan fingerprint density at radius 1 is 1.00 bits per heavy atom. The molecule has 0 bridgehead atoms. The van der Waals surface area contributed by atoms with Crippen LogP contribution in [0.2, 0.25) is 0 Å². The summed E-state index contributed by atoms with van der Waals surface area (Å²) in [7, 11) is 0. The van der Waals surface area contributed by atoms with Gasteiger partial charge in [0.1, 0.15) is 6.33 Å². The van der Waals surface area contributed by atoms with Crippen LogP contribution in [0.15, 0.2) is 54.9 Å². The normalized spacial score (nSPS) is 19.4. The lowest BCUT2D eigenvalue weighted by molar-refractivity contribution is -0.0361. The summed E-state index contributed by atoms with van der Waals surface area (Å²) in [6, 6.07) is 15.8. The zero-order valence-corrected chi connectivity index (χ0v) is 17.9. The van der Waals surface area contributed by atoms with E-state index in [0.717, 1.165) is 55.9 Å². The molecule has 162 valence electrons. The lowest BCUT2D eigenvalue weighted by Crippen LogP contribution is -2.59. The Bertz CT molecular complexity index is 1030. The first-order valence-corrected chi connectivity index (χ1v) is 11.4. The van der Waals surface area contributed by atoms with Crippen LogP contribution < -0.4 is 5.32 Å². The molecular formula is C25H30N4O2. The van der Waals surface area contributed by atoms with Crippen molar-refractivity contribution in [2.45, 2.75) is 37.6 Å². The highest BCUT2D eigenvalue weighted by atomic mass is 16.5. The number of hydrogen-bond acceptors (Lipinski definition) is 4. The third-order valence-corrected chi connectivity index (χ3v) is 6.91. The SMILES string of the molecule is O=C(NCC1(N2CCOCC2)CCCCC1)c1ccc(-n2cnc3ccccc32)cc1. The summed E-state index contributed by atoms with van der Waals surface area (Å²) in [4.78, 5) is 20.0. The second-order valence-corrected chi connectivity index (χ2v) is 8.72. The van der Waals surface area contributed by atoms with Gasteiger partial charge < -0.3 is 10.1 Å². The second-order valence-electron chi connectivity index (χ2n) is 8.72. The van der Waals surface area contributed by atoms with Gasteiger partial charge in [-0.05, 0) is 49.2 Å². The molecule has 2 aromatic carbocycles. The van der Waals surface area contributed by atoms with Crippen molar-refractivity contribution in [1.29, 1.82) is 0 Å². The number of nitrogens with one attached hydrogen (secondary N) is 1. The van der Waals surface area contributed by atoms with E-state index in [1.165, 1.54) is 19.3 Å². The number of imidazole rings is 1. The van der Waals surface area contributed by atoms with Crippen LogP contribution in [0.1, 0.15) is 42.5 Å². The summed E-state index contributed by atoms with van der Waals surface area (Å²) in [6.07, 6.45) is 7.90. The molecule has 1 saturated heterocycles. The number of carbonyl (C=O) groups excluding carboxylic acids is 1. The Hall–Kier alpha value is -2.70. The molecule has 1 amide bonds. The smallest absolute Gasteiger partial charge is 0.251 e. The van der Waals surface area contributed by atoms with Crippen LogP contribution in [0.25, 0.3) is 16.7 Å². The zero-order valence-electron chi connectivity index (χ0n) is 17.9. The van der Waals surface area contributed by atoms with Crippen LogP contribution in [0.5, 0.6) is 0 Å². The first-order chi connectivity index (χ1) is 15.3. The van der Waals surface area contributed by atoms with Gasteiger partial charge in [-0.15, -0.1) is 0 Å². The van der Waals surface area contributed by atoms with Crippen LogP contribution in [-0.2, 0) is 4.74 Å². The van der Waals surface area contributed by atoms with Crippen molar-refractivity contribution in [2.24, 2.45) is 0 Å². The number of ether oxygens (including phenoxy) is 1. The highest BCUT2D eigenvalue weighted by Gasteiger charge is 2.38. The van der Waals surface area contributed by atoms with E-state index in [9.17, 15) is 4.79 Å². The molecular weight excluding hydrogens is 388 g/mol. The predicted octanol–water partition coefficient (Wildman–Crippen LogP) is 3.79. The number of hydrogen-bond donors (Lipinski definition) is 1. The Balaban J connectivity index is 1.28. The van der Waals surface area contributed by atoms with E-state index in [2.05, 4.69) is 21.3 Å². The maximum Gasteiger partial charge on any atom is 0.251 e.